The van der Waals surface area contributed by atoms with E-state index in [2.05, 4.69) is 10.1 Å². The van der Waals surface area contributed by atoms with Crippen molar-refractivity contribution in [3.8, 4) is 0 Å². The van der Waals surface area contributed by atoms with Crippen LogP contribution in [0.25, 0.3) is 0 Å². The third-order valence-electron chi connectivity index (χ3n) is 5.23. The number of amides is 2. The van der Waals surface area contributed by atoms with Gasteiger partial charge in [-0.2, -0.15) is 4.31 Å². The Morgan fingerprint density at radius 3 is 2.12 bits per heavy atom. The minimum atomic E-state index is -4.06. The maximum Gasteiger partial charge on any atom is 0.407 e. The lowest BCUT2D eigenvalue weighted by atomic mass is 10.0. The van der Waals surface area contributed by atoms with Crippen LogP contribution in [0.1, 0.15) is 42.1 Å². The number of hydrogen-bond donors (Lipinski definition) is 1. The molecule has 1 aromatic rings. The monoisotopic (exact) mass is 473 g/mol. The Hall–Kier alpha value is -2.60. The highest BCUT2D eigenvalue weighted by Crippen LogP contribution is 2.30. The maximum atomic E-state index is 13.3. The van der Waals surface area contributed by atoms with Crippen LogP contribution in [0.15, 0.2) is 9.31 Å². The van der Waals surface area contributed by atoms with E-state index in [4.69, 9.17) is 9.15 Å². The van der Waals surface area contributed by atoms with Gasteiger partial charge >= 0.3 is 12.1 Å². The van der Waals surface area contributed by atoms with Crippen LogP contribution in [-0.4, -0.2) is 82.0 Å². The Morgan fingerprint density at radius 1 is 1.03 bits per heavy atom. The molecule has 1 N–H and O–H groups in total. The molecule has 1 unspecified atom stereocenters. The van der Waals surface area contributed by atoms with Crippen molar-refractivity contribution in [1.29, 1.82) is 0 Å². The van der Waals surface area contributed by atoms with Crippen molar-refractivity contribution in [3.63, 3.8) is 0 Å². The molecule has 0 spiro atoms. The van der Waals surface area contributed by atoms with Gasteiger partial charge in [-0.25, -0.2) is 18.0 Å². The number of alkyl carbamates (subject to hydrolysis) is 1. The average molecular weight is 474 g/mol. The Bertz CT molecular complexity index is 962. The highest BCUT2D eigenvalue weighted by atomic mass is 32.2. The summed E-state index contributed by atoms with van der Waals surface area (Å²) in [5, 5.41) is 2.55. The number of hydrogen-bond acceptors (Lipinski definition) is 8. The van der Waals surface area contributed by atoms with Crippen molar-refractivity contribution >= 4 is 28.0 Å². The maximum absolute atomic E-state index is 13.3. The van der Waals surface area contributed by atoms with E-state index >= 15 is 0 Å². The number of aryl methyl sites for hydroxylation is 2. The van der Waals surface area contributed by atoms with Crippen molar-refractivity contribution in [2.24, 2.45) is 5.92 Å². The van der Waals surface area contributed by atoms with Crippen LogP contribution in [0, 0.1) is 19.8 Å². The van der Waals surface area contributed by atoms with E-state index in [0.29, 0.717) is 6.42 Å². The third kappa shape index (κ3) is 5.41. The van der Waals surface area contributed by atoms with E-state index in [0.717, 1.165) is 0 Å². The van der Waals surface area contributed by atoms with Crippen LogP contribution in [0.2, 0.25) is 0 Å². The van der Waals surface area contributed by atoms with Gasteiger partial charge in [0.15, 0.2) is 0 Å². The lowest BCUT2D eigenvalue weighted by Gasteiger charge is -2.36. The highest BCUT2D eigenvalue weighted by Gasteiger charge is 2.38. The Balaban J connectivity index is 2.19. The lowest BCUT2D eigenvalue weighted by Crippen LogP contribution is -2.56. The molecule has 2 heterocycles. The number of carbonyl (C=O) groups is 3. The molecular formula is C20H31N3O8S. The number of piperazine rings is 1. The van der Waals surface area contributed by atoms with Gasteiger partial charge in [-0.05, 0) is 26.2 Å². The summed E-state index contributed by atoms with van der Waals surface area (Å²) in [5.74, 6) is -0.691. The van der Waals surface area contributed by atoms with E-state index < -0.39 is 28.1 Å². The van der Waals surface area contributed by atoms with Crippen LogP contribution >= 0.6 is 0 Å². The van der Waals surface area contributed by atoms with E-state index in [9.17, 15) is 22.8 Å². The van der Waals surface area contributed by atoms with Gasteiger partial charge in [0, 0.05) is 26.2 Å². The van der Waals surface area contributed by atoms with E-state index in [-0.39, 0.29) is 60.0 Å². The predicted molar refractivity (Wildman–Crippen MR) is 114 cm³/mol. The van der Waals surface area contributed by atoms with Gasteiger partial charge < -0.3 is 24.1 Å². The molecule has 1 aromatic heterocycles. The zero-order valence-corrected chi connectivity index (χ0v) is 20.1. The largest absolute Gasteiger partial charge is 0.465 e. The quantitative estimate of drug-likeness (QED) is 0.585. The molecular weight excluding hydrogens is 442 g/mol. The standard InChI is InChI=1S/C20H31N3O8S/c1-12(2)11-15(21-20(26)30-6)18(24)22-7-9-23(10-8-22)32(27,28)17-14(4)31-13(3)16(17)19(25)29-5/h12,15H,7-11H2,1-6H3,(H,21,26). The molecule has 0 bridgehead atoms. The Labute approximate surface area is 188 Å². The Kier molecular flexibility index (Phi) is 8.29. The summed E-state index contributed by atoms with van der Waals surface area (Å²) < 4.78 is 42.5. The molecule has 1 aliphatic rings. The molecule has 32 heavy (non-hydrogen) atoms. The lowest BCUT2D eigenvalue weighted by molar-refractivity contribution is -0.135. The van der Waals surface area contributed by atoms with Crippen LogP contribution in [0.4, 0.5) is 4.79 Å². The number of carbonyl (C=O) groups excluding carboxylic acids is 3. The van der Waals surface area contributed by atoms with Crippen molar-refractivity contribution in [3.05, 3.63) is 17.1 Å². The number of nitrogens with one attached hydrogen (secondary N) is 1. The first kappa shape index (κ1) is 25.7. The predicted octanol–water partition coefficient (Wildman–Crippen LogP) is 1.29. The SMILES string of the molecule is COC(=O)NC(CC(C)C)C(=O)N1CCN(S(=O)(=O)c2c(C)oc(C)c2C(=O)OC)CC1. The van der Waals surface area contributed by atoms with Gasteiger partial charge in [-0.15, -0.1) is 0 Å². The number of esters is 1. The third-order valence-corrected chi connectivity index (χ3v) is 7.28. The fourth-order valence-electron chi connectivity index (χ4n) is 3.70. The van der Waals surface area contributed by atoms with Gasteiger partial charge in [0.05, 0.1) is 14.2 Å². The van der Waals surface area contributed by atoms with Gasteiger partial charge in [-0.1, -0.05) is 13.8 Å². The number of rotatable bonds is 7. The van der Waals surface area contributed by atoms with Crippen LogP contribution in [-0.2, 0) is 24.3 Å². The smallest absolute Gasteiger partial charge is 0.407 e. The summed E-state index contributed by atoms with van der Waals surface area (Å²) in [6.07, 6.45) is -0.283. The summed E-state index contributed by atoms with van der Waals surface area (Å²) in [7, 11) is -1.67. The molecule has 1 aliphatic heterocycles. The van der Waals surface area contributed by atoms with E-state index in [1.54, 1.807) is 0 Å². The highest BCUT2D eigenvalue weighted by molar-refractivity contribution is 7.89. The molecule has 0 saturated carbocycles. The second-order valence-corrected chi connectivity index (χ2v) is 9.83. The molecule has 0 radical (unpaired) electrons. The van der Waals surface area contributed by atoms with Crippen molar-refractivity contribution in [2.75, 3.05) is 40.4 Å². The molecule has 2 rings (SSSR count). The molecule has 0 aromatic carbocycles. The van der Waals surface area contributed by atoms with Crippen LogP contribution < -0.4 is 5.32 Å². The summed E-state index contributed by atoms with van der Waals surface area (Å²) in [6, 6.07) is -0.768. The molecule has 1 fully saturated rings. The van der Waals surface area contributed by atoms with Crippen LogP contribution in [0.5, 0.6) is 0 Å². The summed E-state index contributed by atoms with van der Waals surface area (Å²) in [5.41, 5.74) is -0.122. The molecule has 1 saturated heterocycles. The number of furan rings is 1. The first-order valence-corrected chi connectivity index (χ1v) is 11.7. The summed E-state index contributed by atoms with van der Waals surface area (Å²) in [4.78, 5) is 38.1. The zero-order chi connectivity index (χ0) is 24.2. The minimum Gasteiger partial charge on any atom is -0.465 e. The topological polar surface area (TPSA) is 135 Å². The fourth-order valence-corrected chi connectivity index (χ4v) is 5.50. The van der Waals surface area contributed by atoms with Crippen molar-refractivity contribution in [2.45, 2.75) is 45.1 Å². The van der Waals surface area contributed by atoms with Crippen LogP contribution in [0.3, 0.4) is 0 Å². The molecule has 12 heteroatoms. The average Bonchev–Trinajstić information content (AvgIpc) is 3.06. The van der Waals surface area contributed by atoms with Gasteiger partial charge in [0.1, 0.15) is 28.0 Å². The Morgan fingerprint density at radius 2 is 1.62 bits per heavy atom. The minimum absolute atomic E-state index is 0.0327. The molecule has 11 nitrogen and oxygen atoms in total. The second-order valence-electron chi connectivity index (χ2n) is 7.96. The van der Waals surface area contributed by atoms with Gasteiger partial charge in [0.2, 0.25) is 15.9 Å². The van der Waals surface area contributed by atoms with Crippen molar-refractivity contribution < 1.29 is 36.7 Å². The summed E-state index contributed by atoms with van der Waals surface area (Å²) in [6.45, 7) is 7.17. The normalized spacial score (nSPS) is 16.0. The molecule has 0 aliphatic carbocycles. The van der Waals surface area contributed by atoms with E-state index in [1.807, 2.05) is 13.8 Å². The first-order chi connectivity index (χ1) is 14.9. The van der Waals surface area contributed by atoms with Gasteiger partial charge in [-0.3, -0.25) is 4.79 Å². The fraction of sp³-hybridized carbons (Fsp3) is 0.650. The van der Waals surface area contributed by atoms with Gasteiger partial charge in [0.25, 0.3) is 0 Å². The van der Waals surface area contributed by atoms with Crippen molar-refractivity contribution in [1.82, 2.24) is 14.5 Å². The van der Waals surface area contributed by atoms with E-state index in [1.165, 1.54) is 37.3 Å². The summed E-state index contributed by atoms with van der Waals surface area (Å²) >= 11 is 0. The number of ether oxygens (including phenoxy) is 2. The molecule has 2 amide bonds. The zero-order valence-electron chi connectivity index (χ0n) is 19.3. The number of sulfonamides is 1. The number of nitrogens with zero attached hydrogens (tertiary/aromatic N) is 2. The second kappa shape index (κ2) is 10.3. The first-order valence-electron chi connectivity index (χ1n) is 10.3. The molecule has 180 valence electrons. The molecule has 1 atom stereocenters. The number of methoxy groups -OCH3 is 2.